The molecule has 0 fully saturated rings. The van der Waals surface area contributed by atoms with Gasteiger partial charge in [0.2, 0.25) is 0 Å². The number of fused-ring (bicyclic) bond motifs is 1. The topological polar surface area (TPSA) is 103 Å². The summed E-state index contributed by atoms with van der Waals surface area (Å²) in [6.07, 6.45) is 1.41. The van der Waals surface area contributed by atoms with Gasteiger partial charge < -0.3 is 14.5 Å². The summed E-state index contributed by atoms with van der Waals surface area (Å²) < 4.78 is 33.1. The van der Waals surface area contributed by atoms with Crippen LogP contribution in [0.15, 0.2) is 38.9 Å². The molecule has 2 aromatic rings. The van der Waals surface area contributed by atoms with E-state index in [0.29, 0.717) is 16.5 Å². The van der Waals surface area contributed by atoms with Crippen LogP contribution in [0.5, 0.6) is 5.75 Å². The Morgan fingerprint density at radius 1 is 1.40 bits per heavy atom. The average molecular weight is 384 g/mol. The summed E-state index contributed by atoms with van der Waals surface area (Å²) in [5, 5.41) is 4.54. The van der Waals surface area contributed by atoms with Crippen molar-refractivity contribution in [2.45, 2.75) is 13.0 Å². The number of benzene rings is 1. The number of carbonyl (C=O) groups excluding carboxylic acids is 1. The third-order valence-electron chi connectivity index (χ3n) is 3.64. The number of nitrogens with one attached hydrogen (secondary N) is 1. The van der Waals surface area contributed by atoms with Crippen molar-refractivity contribution in [2.75, 3.05) is 12.4 Å². The van der Waals surface area contributed by atoms with Gasteiger partial charge in [0.15, 0.2) is 16.4 Å². The molecule has 1 aliphatic rings. The monoisotopic (exact) mass is 383 g/mol. The SMILES string of the molecule is Cc1cc(=O)oc2cc(OCC(=O)N[C@@H]3C=CS(=O)(=O)C3)c(Cl)cc12. The van der Waals surface area contributed by atoms with Gasteiger partial charge in [-0.25, -0.2) is 13.2 Å². The molecule has 0 bridgehead atoms. The van der Waals surface area contributed by atoms with Crippen LogP contribution < -0.4 is 15.7 Å². The van der Waals surface area contributed by atoms with Gasteiger partial charge >= 0.3 is 5.63 Å². The minimum absolute atomic E-state index is 0.167. The van der Waals surface area contributed by atoms with Crippen molar-refractivity contribution >= 4 is 38.3 Å². The van der Waals surface area contributed by atoms with Gasteiger partial charge in [-0.15, -0.1) is 0 Å². The van der Waals surface area contributed by atoms with Gasteiger partial charge in [0, 0.05) is 22.9 Å². The fraction of sp³-hybridized carbons (Fsp3) is 0.250. The van der Waals surface area contributed by atoms with Gasteiger partial charge in [-0.3, -0.25) is 4.79 Å². The number of sulfone groups is 1. The predicted molar refractivity (Wildman–Crippen MR) is 92.6 cm³/mol. The maximum Gasteiger partial charge on any atom is 0.336 e. The normalized spacial score (nSPS) is 18.4. The quantitative estimate of drug-likeness (QED) is 0.804. The highest BCUT2D eigenvalue weighted by atomic mass is 35.5. The largest absolute Gasteiger partial charge is 0.482 e. The van der Waals surface area contributed by atoms with Gasteiger partial charge in [-0.1, -0.05) is 11.6 Å². The second-order valence-corrected chi connectivity index (χ2v) is 7.99. The third-order valence-corrected chi connectivity index (χ3v) is 5.33. The van der Waals surface area contributed by atoms with Crippen LogP contribution in [-0.4, -0.2) is 32.7 Å². The number of amides is 1. The number of hydrogen-bond acceptors (Lipinski definition) is 6. The summed E-state index contributed by atoms with van der Waals surface area (Å²) >= 11 is 6.14. The molecular formula is C16H14ClNO6S. The number of halogens is 1. The lowest BCUT2D eigenvalue weighted by molar-refractivity contribution is -0.123. The zero-order valence-electron chi connectivity index (χ0n) is 13.1. The molecule has 7 nitrogen and oxygen atoms in total. The Kier molecular flexibility index (Phi) is 4.57. The molecule has 2 heterocycles. The fourth-order valence-electron chi connectivity index (χ4n) is 2.49. The Labute approximate surface area is 148 Å². The first kappa shape index (κ1) is 17.5. The number of ether oxygens (including phenoxy) is 1. The summed E-state index contributed by atoms with van der Waals surface area (Å²) in [6.45, 7) is 1.40. The molecule has 9 heteroatoms. The molecule has 1 aromatic heterocycles. The molecule has 1 aromatic carbocycles. The number of rotatable bonds is 4. The van der Waals surface area contributed by atoms with Crippen molar-refractivity contribution in [3.8, 4) is 5.75 Å². The summed E-state index contributed by atoms with van der Waals surface area (Å²) in [5.74, 6) is -0.471. The van der Waals surface area contributed by atoms with Crippen LogP contribution in [0, 0.1) is 6.92 Å². The smallest absolute Gasteiger partial charge is 0.336 e. The lowest BCUT2D eigenvalue weighted by Gasteiger charge is -2.12. The van der Waals surface area contributed by atoms with E-state index in [1.807, 2.05) is 0 Å². The highest BCUT2D eigenvalue weighted by Crippen LogP contribution is 2.30. The van der Waals surface area contributed by atoms with E-state index in [4.69, 9.17) is 20.8 Å². The summed E-state index contributed by atoms with van der Waals surface area (Å²) in [5.41, 5.74) is 0.520. The Morgan fingerprint density at radius 3 is 2.84 bits per heavy atom. The Morgan fingerprint density at radius 2 is 2.16 bits per heavy atom. The molecule has 1 atom stereocenters. The second kappa shape index (κ2) is 6.53. The number of aryl methyl sites for hydroxylation is 1. The van der Waals surface area contributed by atoms with E-state index in [1.165, 1.54) is 18.2 Å². The maximum atomic E-state index is 11.9. The van der Waals surface area contributed by atoms with Gasteiger partial charge in [0.05, 0.1) is 16.8 Å². The Bertz CT molecular complexity index is 1040. The summed E-state index contributed by atoms with van der Waals surface area (Å²) in [7, 11) is -3.25. The lowest BCUT2D eigenvalue weighted by atomic mass is 10.1. The van der Waals surface area contributed by atoms with Gasteiger partial charge in [0.1, 0.15) is 11.3 Å². The molecule has 0 aliphatic carbocycles. The average Bonchev–Trinajstić information content (AvgIpc) is 2.85. The van der Waals surface area contributed by atoms with E-state index in [0.717, 1.165) is 5.41 Å². The molecule has 0 saturated carbocycles. The van der Waals surface area contributed by atoms with E-state index < -0.39 is 27.4 Å². The van der Waals surface area contributed by atoms with Crippen molar-refractivity contribution in [1.29, 1.82) is 0 Å². The van der Waals surface area contributed by atoms with Crippen LogP contribution in [0.25, 0.3) is 11.0 Å². The standard InChI is InChI=1S/C16H14ClNO6S/c1-9-4-16(20)24-13-6-14(12(17)5-11(9)13)23-7-15(19)18-10-2-3-25(21,22)8-10/h2-6,10H,7-8H2,1H3,(H,18,19)/t10-/m1/s1. The van der Waals surface area contributed by atoms with E-state index in [-0.39, 0.29) is 23.1 Å². The van der Waals surface area contributed by atoms with E-state index in [1.54, 1.807) is 13.0 Å². The molecule has 132 valence electrons. The van der Waals surface area contributed by atoms with Crippen LogP contribution in [0.1, 0.15) is 5.56 Å². The molecule has 3 rings (SSSR count). The van der Waals surface area contributed by atoms with Crippen molar-refractivity contribution in [3.05, 3.63) is 50.7 Å². The molecule has 1 N–H and O–H groups in total. The molecule has 0 radical (unpaired) electrons. The van der Waals surface area contributed by atoms with Crippen LogP contribution in [0.4, 0.5) is 0 Å². The van der Waals surface area contributed by atoms with Crippen molar-refractivity contribution in [3.63, 3.8) is 0 Å². The number of hydrogen-bond donors (Lipinski definition) is 1. The van der Waals surface area contributed by atoms with Gasteiger partial charge in [0.25, 0.3) is 5.91 Å². The zero-order chi connectivity index (χ0) is 18.2. The van der Waals surface area contributed by atoms with E-state index in [9.17, 15) is 18.0 Å². The Balaban J connectivity index is 1.71. The lowest BCUT2D eigenvalue weighted by Crippen LogP contribution is -2.38. The predicted octanol–water partition coefficient (Wildman–Crippen LogP) is 1.56. The molecule has 1 amide bonds. The van der Waals surface area contributed by atoms with E-state index >= 15 is 0 Å². The van der Waals surface area contributed by atoms with Crippen molar-refractivity contribution < 1.29 is 22.4 Å². The minimum Gasteiger partial charge on any atom is -0.482 e. The fourth-order valence-corrected chi connectivity index (χ4v) is 3.94. The zero-order valence-corrected chi connectivity index (χ0v) is 14.7. The molecule has 0 saturated heterocycles. The molecule has 25 heavy (non-hydrogen) atoms. The van der Waals surface area contributed by atoms with Gasteiger partial charge in [-0.05, 0) is 24.6 Å². The molecule has 1 aliphatic heterocycles. The van der Waals surface area contributed by atoms with Crippen molar-refractivity contribution in [2.24, 2.45) is 0 Å². The first-order valence-electron chi connectivity index (χ1n) is 7.31. The van der Waals surface area contributed by atoms with Crippen LogP contribution in [-0.2, 0) is 14.6 Å². The second-order valence-electron chi connectivity index (χ2n) is 5.65. The first-order valence-corrected chi connectivity index (χ1v) is 9.40. The maximum absolute atomic E-state index is 11.9. The minimum atomic E-state index is -3.25. The van der Waals surface area contributed by atoms with Crippen molar-refractivity contribution in [1.82, 2.24) is 5.32 Å². The number of carbonyl (C=O) groups is 1. The Hall–Kier alpha value is -2.32. The highest BCUT2D eigenvalue weighted by Gasteiger charge is 2.23. The molecular weight excluding hydrogens is 370 g/mol. The highest BCUT2D eigenvalue weighted by molar-refractivity contribution is 7.94. The van der Waals surface area contributed by atoms with Crippen LogP contribution >= 0.6 is 11.6 Å². The molecule has 0 unspecified atom stereocenters. The van der Waals surface area contributed by atoms with Gasteiger partial charge in [-0.2, -0.15) is 0 Å². The summed E-state index contributed by atoms with van der Waals surface area (Å²) in [6, 6.07) is 3.82. The first-order chi connectivity index (χ1) is 11.7. The van der Waals surface area contributed by atoms with Crippen LogP contribution in [0.3, 0.4) is 0 Å². The summed E-state index contributed by atoms with van der Waals surface area (Å²) in [4.78, 5) is 23.3. The van der Waals surface area contributed by atoms with E-state index in [2.05, 4.69) is 5.32 Å². The molecule has 0 spiro atoms. The van der Waals surface area contributed by atoms with Crippen LogP contribution in [0.2, 0.25) is 5.02 Å². The third kappa shape index (κ3) is 4.02.